The van der Waals surface area contributed by atoms with Crippen molar-refractivity contribution in [3.8, 4) is 0 Å². The van der Waals surface area contributed by atoms with Crippen molar-refractivity contribution < 1.29 is 4.79 Å². The van der Waals surface area contributed by atoms with Crippen LogP contribution in [-0.2, 0) is 0 Å². The van der Waals surface area contributed by atoms with Crippen LogP contribution in [0.3, 0.4) is 0 Å². The Labute approximate surface area is 95.2 Å². The molecule has 3 heteroatoms. The van der Waals surface area contributed by atoms with E-state index in [0.29, 0.717) is 11.8 Å². The molecule has 84 valence electrons. The molecule has 1 aromatic carbocycles. The number of likely N-dealkylation sites (tertiary alicyclic amines) is 1. The molecule has 1 saturated heterocycles. The molecule has 2 aliphatic rings. The van der Waals surface area contributed by atoms with E-state index in [-0.39, 0.29) is 11.9 Å². The van der Waals surface area contributed by atoms with Crippen molar-refractivity contribution in [3.05, 3.63) is 35.9 Å². The molecule has 0 bridgehead atoms. The number of benzene rings is 1. The van der Waals surface area contributed by atoms with E-state index in [1.165, 1.54) is 6.42 Å². The van der Waals surface area contributed by atoms with E-state index in [2.05, 4.69) is 0 Å². The molecule has 3 rings (SSSR count). The van der Waals surface area contributed by atoms with Gasteiger partial charge in [-0.3, -0.25) is 4.79 Å². The molecule has 2 fully saturated rings. The molecular weight excluding hydrogens is 200 g/mol. The Hall–Kier alpha value is -1.35. The summed E-state index contributed by atoms with van der Waals surface area (Å²) in [6.45, 7) is 1.61. The second kappa shape index (κ2) is 3.59. The van der Waals surface area contributed by atoms with Crippen LogP contribution in [0.25, 0.3) is 0 Å². The van der Waals surface area contributed by atoms with Gasteiger partial charge in [0.15, 0.2) is 0 Å². The predicted molar refractivity (Wildman–Crippen MR) is 61.9 cm³/mol. The number of nitrogens with zero attached hydrogens (tertiary/aromatic N) is 1. The highest BCUT2D eigenvalue weighted by molar-refractivity contribution is 5.94. The zero-order valence-electron chi connectivity index (χ0n) is 9.17. The molecule has 1 heterocycles. The first kappa shape index (κ1) is 9.85. The number of rotatable bonds is 1. The molecule has 0 spiro atoms. The first-order chi connectivity index (χ1) is 7.75. The summed E-state index contributed by atoms with van der Waals surface area (Å²) in [5, 5.41) is 0. The summed E-state index contributed by atoms with van der Waals surface area (Å²) >= 11 is 0. The first-order valence-corrected chi connectivity index (χ1v) is 5.85. The Morgan fingerprint density at radius 1 is 1.25 bits per heavy atom. The second-order valence-corrected chi connectivity index (χ2v) is 4.90. The number of hydrogen-bond donors (Lipinski definition) is 1. The summed E-state index contributed by atoms with van der Waals surface area (Å²) in [6.07, 6.45) is 1.21. The molecule has 0 aromatic heterocycles. The Morgan fingerprint density at radius 3 is 2.69 bits per heavy atom. The molecule has 1 amide bonds. The molecule has 1 aliphatic heterocycles. The van der Waals surface area contributed by atoms with Crippen LogP contribution >= 0.6 is 0 Å². The average molecular weight is 216 g/mol. The fourth-order valence-electron chi connectivity index (χ4n) is 2.68. The van der Waals surface area contributed by atoms with E-state index in [0.717, 1.165) is 18.7 Å². The number of carbonyl (C=O) groups is 1. The summed E-state index contributed by atoms with van der Waals surface area (Å²) < 4.78 is 0. The summed E-state index contributed by atoms with van der Waals surface area (Å²) in [7, 11) is 0. The van der Waals surface area contributed by atoms with Crippen LogP contribution in [-0.4, -0.2) is 29.9 Å². The van der Waals surface area contributed by atoms with E-state index in [4.69, 9.17) is 5.73 Å². The summed E-state index contributed by atoms with van der Waals surface area (Å²) in [5.74, 6) is 1.47. The van der Waals surface area contributed by atoms with E-state index in [1.807, 2.05) is 35.2 Å². The number of nitrogens with two attached hydrogens (primary N) is 1. The van der Waals surface area contributed by atoms with Gasteiger partial charge in [0.2, 0.25) is 0 Å². The quantitative estimate of drug-likeness (QED) is 0.764. The van der Waals surface area contributed by atoms with Crippen molar-refractivity contribution in [2.75, 3.05) is 13.1 Å². The van der Waals surface area contributed by atoms with Gasteiger partial charge in [-0.1, -0.05) is 18.2 Å². The van der Waals surface area contributed by atoms with Gasteiger partial charge in [0.05, 0.1) is 0 Å². The maximum absolute atomic E-state index is 12.2. The number of piperidine rings is 1. The Balaban J connectivity index is 1.76. The third kappa shape index (κ3) is 1.61. The van der Waals surface area contributed by atoms with Crippen molar-refractivity contribution in [1.82, 2.24) is 4.90 Å². The van der Waals surface area contributed by atoms with Crippen molar-refractivity contribution in [1.29, 1.82) is 0 Å². The summed E-state index contributed by atoms with van der Waals surface area (Å²) in [4.78, 5) is 14.1. The minimum Gasteiger partial charge on any atom is -0.337 e. The lowest BCUT2D eigenvalue weighted by atomic mass is 10.1. The Kier molecular flexibility index (Phi) is 2.21. The molecule has 3 atom stereocenters. The SMILES string of the molecule is NC1CN(C(=O)c2ccccc2)CC2CC12. The van der Waals surface area contributed by atoms with Gasteiger partial charge in [0.1, 0.15) is 0 Å². The smallest absolute Gasteiger partial charge is 0.253 e. The fraction of sp³-hybridized carbons (Fsp3) is 0.462. The highest BCUT2D eigenvalue weighted by atomic mass is 16.2. The van der Waals surface area contributed by atoms with Gasteiger partial charge >= 0.3 is 0 Å². The van der Waals surface area contributed by atoms with Crippen molar-refractivity contribution >= 4 is 5.91 Å². The Bertz CT molecular complexity index is 404. The molecule has 0 radical (unpaired) electrons. The molecule has 1 aliphatic carbocycles. The first-order valence-electron chi connectivity index (χ1n) is 5.85. The monoisotopic (exact) mass is 216 g/mol. The van der Waals surface area contributed by atoms with Crippen molar-refractivity contribution in [2.24, 2.45) is 17.6 Å². The normalized spacial score (nSPS) is 32.1. The lowest BCUT2D eigenvalue weighted by Gasteiger charge is -2.30. The van der Waals surface area contributed by atoms with E-state index >= 15 is 0 Å². The fourth-order valence-corrected chi connectivity index (χ4v) is 2.68. The third-order valence-corrected chi connectivity index (χ3v) is 3.72. The van der Waals surface area contributed by atoms with Gasteiger partial charge in [-0.2, -0.15) is 0 Å². The number of hydrogen-bond acceptors (Lipinski definition) is 2. The van der Waals surface area contributed by atoms with Gasteiger partial charge in [0.25, 0.3) is 5.91 Å². The van der Waals surface area contributed by atoms with Gasteiger partial charge in [0, 0.05) is 24.7 Å². The number of carbonyl (C=O) groups excluding carboxylic acids is 1. The molecule has 3 nitrogen and oxygen atoms in total. The summed E-state index contributed by atoms with van der Waals surface area (Å²) in [5.41, 5.74) is 6.80. The number of amides is 1. The molecule has 2 N–H and O–H groups in total. The standard InChI is InChI=1S/C13H16N2O/c14-12-8-15(7-10-6-11(10)12)13(16)9-4-2-1-3-5-9/h1-5,10-12H,6-8,14H2. The van der Waals surface area contributed by atoms with Crippen LogP contribution in [0.5, 0.6) is 0 Å². The largest absolute Gasteiger partial charge is 0.337 e. The van der Waals surface area contributed by atoms with E-state index in [9.17, 15) is 4.79 Å². The molecule has 3 unspecified atom stereocenters. The Morgan fingerprint density at radius 2 is 2.00 bits per heavy atom. The van der Waals surface area contributed by atoms with Crippen LogP contribution in [0, 0.1) is 11.8 Å². The van der Waals surface area contributed by atoms with Gasteiger partial charge in [-0.05, 0) is 30.4 Å². The lowest BCUT2D eigenvalue weighted by molar-refractivity contribution is 0.0700. The highest BCUT2D eigenvalue weighted by Gasteiger charge is 2.47. The topological polar surface area (TPSA) is 46.3 Å². The van der Waals surface area contributed by atoms with Crippen LogP contribution < -0.4 is 5.73 Å². The predicted octanol–water partition coefficient (Wildman–Crippen LogP) is 1.11. The van der Waals surface area contributed by atoms with E-state index in [1.54, 1.807) is 0 Å². The van der Waals surface area contributed by atoms with Gasteiger partial charge in [-0.15, -0.1) is 0 Å². The zero-order chi connectivity index (χ0) is 11.1. The summed E-state index contributed by atoms with van der Waals surface area (Å²) in [6, 6.07) is 9.65. The van der Waals surface area contributed by atoms with Gasteiger partial charge < -0.3 is 10.6 Å². The van der Waals surface area contributed by atoms with Crippen LogP contribution in [0.1, 0.15) is 16.8 Å². The second-order valence-electron chi connectivity index (χ2n) is 4.90. The maximum Gasteiger partial charge on any atom is 0.253 e. The average Bonchev–Trinajstić information content (AvgIpc) is 3.09. The zero-order valence-corrected chi connectivity index (χ0v) is 9.17. The molecule has 16 heavy (non-hydrogen) atoms. The highest BCUT2D eigenvalue weighted by Crippen LogP contribution is 2.44. The maximum atomic E-state index is 12.2. The van der Waals surface area contributed by atoms with Crippen molar-refractivity contribution in [3.63, 3.8) is 0 Å². The minimum absolute atomic E-state index is 0.126. The number of fused-ring (bicyclic) bond motifs is 1. The van der Waals surface area contributed by atoms with E-state index < -0.39 is 0 Å². The van der Waals surface area contributed by atoms with Crippen LogP contribution in [0.2, 0.25) is 0 Å². The van der Waals surface area contributed by atoms with Crippen LogP contribution in [0.15, 0.2) is 30.3 Å². The van der Waals surface area contributed by atoms with Crippen LogP contribution in [0.4, 0.5) is 0 Å². The molecular formula is C13H16N2O. The molecule has 1 aromatic rings. The lowest BCUT2D eigenvalue weighted by Crippen LogP contribution is -2.47. The van der Waals surface area contributed by atoms with Gasteiger partial charge in [-0.25, -0.2) is 0 Å². The van der Waals surface area contributed by atoms with Crippen molar-refractivity contribution in [2.45, 2.75) is 12.5 Å². The third-order valence-electron chi connectivity index (χ3n) is 3.72. The molecule has 1 saturated carbocycles. The minimum atomic E-state index is 0.126.